The van der Waals surface area contributed by atoms with Gasteiger partial charge in [-0.1, -0.05) is 0 Å². The first-order valence-corrected chi connectivity index (χ1v) is 6.89. The van der Waals surface area contributed by atoms with Crippen LogP contribution in [0.1, 0.15) is 19.8 Å². The normalized spacial score (nSPS) is 45.8. The molecule has 5 heteroatoms. The minimum atomic E-state index is -0.656. The molecule has 2 rings (SSSR count). The Morgan fingerprint density at radius 3 is 2.77 bits per heavy atom. The van der Waals surface area contributed by atoms with Gasteiger partial charge in [-0.15, -0.1) is 0 Å². The van der Waals surface area contributed by atoms with Crippen LogP contribution in [0.15, 0.2) is 0 Å². The van der Waals surface area contributed by atoms with Crippen LogP contribution in [0.2, 0.25) is 0 Å². The number of aliphatic hydroxyl groups excluding tert-OH is 1. The van der Waals surface area contributed by atoms with Crippen molar-refractivity contribution in [2.24, 2.45) is 11.8 Å². The third-order valence-corrected chi connectivity index (χ3v) is 5.11. The topological polar surface area (TPSA) is 64.5 Å². The van der Waals surface area contributed by atoms with E-state index in [-0.39, 0.29) is 22.2 Å². The fourth-order valence-corrected chi connectivity index (χ4v) is 3.52. The van der Waals surface area contributed by atoms with Crippen molar-refractivity contribution in [1.29, 1.82) is 0 Å². The van der Waals surface area contributed by atoms with Gasteiger partial charge in [0.25, 0.3) is 0 Å². The van der Waals surface area contributed by atoms with E-state index in [9.17, 15) is 10.3 Å². The zero-order chi connectivity index (χ0) is 9.42. The van der Waals surface area contributed by atoms with Crippen molar-refractivity contribution in [1.82, 2.24) is 3.69 Å². The van der Waals surface area contributed by atoms with Crippen molar-refractivity contribution in [3.8, 4) is 0 Å². The summed E-state index contributed by atoms with van der Waals surface area (Å²) in [5.41, 5.74) is 0. The van der Waals surface area contributed by atoms with Crippen LogP contribution < -0.4 is 25.2 Å². The molecule has 0 spiro atoms. The molecular formula is C8H14INO3-2. The first-order chi connectivity index (χ1) is 6.24. The summed E-state index contributed by atoms with van der Waals surface area (Å²) in [6.07, 6.45) is 1.99. The Balaban J connectivity index is 1.94. The predicted octanol–water partition coefficient (Wildman–Crippen LogP) is -2.79. The van der Waals surface area contributed by atoms with E-state index in [1.165, 1.54) is 12.8 Å². The van der Waals surface area contributed by atoms with Crippen LogP contribution in [0.25, 0.3) is 0 Å². The number of halogens is 1. The van der Waals surface area contributed by atoms with Crippen molar-refractivity contribution in [2.75, 3.05) is 0 Å². The van der Waals surface area contributed by atoms with Crippen molar-refractivity contribution in [3.63, 3.8) is 0 Å². The van der Waals surface area contributed by atoms with Crippen LogP contribution in [-0.2, 0) is 4.74 Å². The van der Waals surface area contributed by atoms with E-state index in [1.807, 2.05) is 10.6 Å². The molecule has 2 fully saturated rings. The van der Waals surface area contributed by atoms with Crippen LogP contribution in [-0.4, -0.2) is 21.4 Å². The summed E-state index contributed by atoms with van der Waals surface area (Å²) in [7, 11) is 0. The number of rotatable bonds is 3. The van der Waals surface area contributed by atoms with E-state index < -0.39 is 21.5 Å². The summed E-state index contributed by atoms with van der Waals surface area (Å²) in [6, 6.07) is 0. The Kier molecular flexibility index (Phi) is 3.09. The summed E-state index contributed by atoms with van der Waals surface area (Å²) in [4.78, 5) is 0. The molecule has 2 aliphatic rings. The Morgan fingerprint density at radius 1 is 1.54 bits per heavy atom. The zero-order valence-corrected chi connectivity index (χ0v) is 9.60. The first kappa shape index (κ1) is 10.1. The summed E-state index contributed by atoms with van der Waals surface area (Å²) in [5, 5.41) is 20.1. The molecule has 0 bridgehead atoms. The molecule has 0 aromatic heterocycles. The summed E-state index contributed by atoms with van der Waals surface area (Å²) in [6.45, 7) is 1.97. The van der Waals surface area contributed by atoms with Crippen LogP contribution in [0.5, 0.6) is 0 Å². The second-order valence-corrected chi connectivity index (χ2v) is 6.12. The standard InChI is InChI=1S/C8H14INO3/c1-4-6(11)7(5-2-3-5)13-8(4)9-10-12/h4-8,10-11H,2-3H2,1H3/q-2. The van der Waals surface area contributed by atoms with Gasteiger partial charge in [-0.05, 0) is 0 Å². The first-order valence-electron chi connectivity index (χ1n) is 4.57. The molecule has 1 heterocycles. The van der Waals surface area contributed by atoms with Gasteiger partial charge in [0.05, 0.1) is 0 Å². The molecule has 0 radical (unpaired) electrons. The predicted molar refractivity (Wildman–Crippen MR) is 43.1 cm³/mol. The molecule has 1 saturated carbocycles. The molecule has 1 aliphatic heterocycles. The SMILES string of the molecule is CC1C([I-]N[O-])OC(C2CC2)C1O. The molecule has 0 aromatic carbocycles. The van der Waals surface area contributed by atoms with Gasteiger partial charge in [0.2, 0.25) is 0 Å². The van der Waals surface area contributed by atoms with Gasteiger partial charge in [-0.3, -0.25) is 0 Å². The van der Waals surface area contributed by atoms with Gasteiger partial charge in [0.15, 0.2) is 0 Å². The average molecular weight is 299 g/mol. The summed E-state index contributed by atoms with van der Waals surface area (Å²) >= 11 is -0.656. The van der Waals surface area contributed by atoms with Crippen LogP contribution in [0.3, 0.4) is 0 Å². The Morgan fingerprint density at radius 2 is 2.23 bits per heavy atom. The van der Waals surface area contributed by atoms with Crippen molar-refractivity contribution < 1.29 is 31.3 Å². The van der Waals surface area contributed by atoms with Gasteiger partial charge in [-0.2, -0.15) is 0 Å². The molecule has 4 nitrogen and oxygen atoms in total. The molecular weight excluding hydrogens is 285 g/mol. The molecule has 13 heavy (non-hydrogen) atoms. The average Bonchev–Trinajstić information content (AvgIpc) is 2.89. The van der Waals surface area contributed by atoms with Gasteiger partial charge in [0.1, 0.15) is 0 Å². The van der Waals surface area contributed by atoms with Crippen LogP contribution in [0.4, 0.5) is 0 Å². The van der Waals surface area contributed by atoms with Gasteiger partial charge >= 0.3 is 88.1 Å². The molecule has 78 valence electrons. The van der Waals surface area contributed by atoms with Gasteiger partial charge < -0.3 is 0 Å². The van der Waals surface area contributed by atoms with E-state index in [1.54, 1.807) is 0 Å². The van der Waals surface area contributed by atoms with E-state index >= 15 is 0 Å². The number of aliphatic hydroxyl groups is 1. The molecule has 1 aliphatic carbocycles. The fourth-order valence-electron chi connectivity index (χ4n) is 1.79. The van der Waals surface area contributed by atoms with Crippen LogP contribution in [0, 0.1) is 17.0 Å². The Hall–Kier alpha value is 0.570. The van der Waals surface area contributed by atoms with Crippen molar-refractivity contribution >= 4 is 0 Å². The molecule has 4 atom stereocenters. The van der Waals surface area contributed by atoms with Gasteiger partial charge in [0, 0.05) is 0 Å². The second-order valence-electron chi connectivity index (χ2n) is 3.83. The molecule has 4 unspecified atom stereocenters. The maximum atomic E-state index is 10.3. The fraction of sp³-hybridized carbons (Fsp3) is 1.00. The number of alkyl halides is 1. The Bertz CT molecular complexity index is 188. The van der Waals surface area contributed by atoms with E-state index in [0.717, 1.165) is 0 Å². The second kappa shape index (κ2) is 3.98. The van der Waals surface area contributed by atoms with Gasteiger partial charge in [-0.25, -0.2) is 0 Å². The van der Waals surface area contributed by atoms with E-state index in [4.69, 9.17) is 4.74 Å². The number of hydrogen-bond acceptors (Lipinski definition) is 4. The van der Waals surface area contributed by atoms with Crippen molar-refractivity contribution in [3.05, 3.63) is 5.21 Å². The quantitative estimate of drug-likeness (QED) is 0.256. The third-order valence-electron chi connectivity index (χ3n) is 2.81. The number of nitrogens with one attached hydrogen (secondary N) is 1. The maximum absolute atomic E-state index is 10.3. The number of ether oxygens (including phenoxy) is 1. The van der Waals surface area contributed by atoms with Crippen molar-refractivity contribution in [2.45, 2.75) is 36.1 Å². The Labute approximate surface area is 88.2 Å². The van der Waals surface area contributed by atoms with Crippen LogP contribution >= 0.6 is 0 Å². The summed E-state index contributed by atoms with van der Waals surface area (Å²) < 4.78 is 7.65. The molecule has 0 amide bonds. The summed E-state index contributed by atoms with van der Waals surface area (Å²) in [5.74, 6) is 0.679. The number of hydrogen-bond donors (Lipinski definition) is 2. The molecule has 2 N–H and O–H groups in total. The zero-order valence-electron chi connectivity index (χ0n) is 7.44. The van der Waals surface area contributed by atoms with E-state index in [2.05, 4.69) is 0 Å². The van der Waals surface area contributed by atoms with E-state index in [0.29, 0.717) is 5.92 Å². The minimum absolute atomic E-state index is 0.00287. The monoisotopic (exact) mass is 299 g/mol. The third kappa shape index (κ3) is 1.99. The molecule has 0 aromatic rings. The molecule has 1 saturated heterocycles.